The summed E-state index contributed by atoms with van der Waals surface area (Å²) in [5.74, 6) is -1.67. The Balaban J connectivity index is 0.000000273. The molecule has 0 radical (unpaired) electrons. The first-order chi connectivity index (χ1) is 16.8. The first-order valence-electron chi connectivity index (χ1n) is 10.7. The maximum atomic E-state index is 12.7. The lowest BCUT2D eigenvalue weighted by molar-refractivity contribution is -0.138. The predicted octanol–water partition coefficient (Wildman–Crippen LogP) is 6.82. The third kappa shape index (κ3) is 10.8. The fourth-order valence-corrected chi connectivity index (χ4v) is 3.22. The summed E-state index contributed by atoms with van der Waals surface area (Å²) in [6.07, 6.45) is -3.14. The average Bonchev–Trinajstić information content (AvgIpc) is 2.79. The molecule has 3 aromatic carbocycles. The van der Waals surface area contributed by atoms with E-state index in [0.29, 0.717) is 25.6 Å². The second-order valence-electron chi connectivity index (χ2n) is 7.59. The summed E-state index contributed by atoms with van der Waals surface area (Å²) in [5.41, 5.74) is 16.7. The van der Waals surface area contributed by atoms with Gasteiger partial charge < -0.3 is 17.2 Å². The van der Waals surface area contributed by atoms with E-state index in [9.17, 15) is 26.3 Å². The van der Waals surface area contributed by atoms with Crippen LogP contribution in [0.2, 0.25) is 10.0 Å². The van der Waals surface area contributed by atoms with Crippen LogP contribution in [0.25, 0.3) is 0 Å². The standard InChI is InChI=1S/C9H9F4N.2C8H9ClFN/c1-5(14)7-3-2-6(10)4-8(7)9(11,12)13;9-7-5-6(3-4-11)1-2-8(7)10;9-7-2-1-6(3-4-11)5-8(7)10/h2-5H,14H2,1H3;2*1-2,5H,3-4,11H2. The molecule has 198 valence electrons. The zero-order chi connectivity index (χ0) is 27.5. The van der Waals surface area contributed by atoms with Gasteiger partial charge in [0.25, 0.3) is 0 Å². The number of hydrogen-bond acceptors (Lipinski definition) is 3. The molecule has 0 saturated heterocycles. The zero-order valence-electron chi connectivity index (χ0n) is 19.4. The van der Waals surface area contributed by atoms with E-state index in [0.717, 1.165) is 29.7 Å². The van der Waals surface area contributed by atoms with Gasteiger partial charge in [0, 0.05) is 6.04 Å². The van der Waals surface area contributed by atoms with Crippen LogP contribution in [0.3, 0.4) is 0 Å². The van der Waals surface area contributed by atoms with E-state index >= 15 is 0 Å². The SMILES string of the molecule is CC(N)c1ccc(F)cc1C(F)(F)F.NCCc1ccc(Cl)c(F)c1.NCCc1ccc(F)c(Cl)c1. The number of benzene rings is 3. The van der Waals surface area contributed by atoms with E-state index in [1.807, 2.05) is 0 Å². The molecule has 3 rings (SSSR count). The molecule has 1 unspecified atom stereocenters. The average molecular weight is 554 g/mol. The molecule has 0 bridgehead atoms. The lowest BCUT2D eigenvalue weighted by Crippen LogP contribution is -2.15. The maximum Gasteiger partial charge on any atom is 0.416 e. The van der Waals surface area contributed by atoms with Crippen molar-refractivity contribution in [1.82, 2.24) is 0 Å². The predicted molar refractivity (Wildman–Crippen MR) is 132 cm³/mol. The van der Waals surface area contributed by atoms with E-state index in [2.05, 4.69) is 0 Å². The summed E-state index contributed by atoms with van der Waals surface area (Å²) in [6.45, 7) is 2.51. The molecular weight excluding hydrogens is 527 g/mol. The number of halogens is 8. The molecule has 11 heteroatoms. The Morgan fingerprint density at radius 2 is 1.31 bits per heavy atom. The van der Waals surface area contributed by atoms with Crippen molar-refractivity contribution < 1.29 is 26.3 Å². The van der Waals surface area contributed by atoms with Crippen LogP contribution >= 0.6 is 23.2 Å². The van der Waals surface area contributed by atoms with Gasteiger partial charge in [-0.2, -0.15) is 13.2 Å². The lowest BCUT2D eigenvalue weighted by Gasteiger charge is -2.15. The maximum absolute atomic E-state index is 12.7. The van der Waals surface area contributed by atoms with Crippen LogP contribution in [0.5, 0.6) is 0 Å². The van der Waals surface area contributed by atoms with Crippen molar-refractivity contribution in [2.75, 3.05) is 13.1 Å². The first-order valence-corrected chi connectivity index (χ1v) is 11.5. The molecule has 3 nitrogen and oxygen atoms in total. The van der Waals surface area contributed by atoms with Gasteiger partial charge in [-0.05, 0) is 85.9 Å². The van der Waals surface area contributed by atoms with Gasteiger partial charge in [0.1, 0.15) is 17.5 Å². The smallest absolute Gasteiger partial charge is 0.330 e. The number of nitrogens with two attached hydrogens (primary N) is 3. The van der Waals surface area contributed by atoms with Crippen molar-refractivity contribution >= 4 is 23.2 Å². The van der Waals surface area contributed by atoms with Gasteiger partial charge in [-0.25, -0.2) is 13.2 Å². The van der Waals surface area contributed by atoms with Gasteiger partial charge in [0.15, 0.2) is 0 Å². The Kier molecular flexibility index (Phi) is 13.3. The van der Waals surface area contributed by atoms with Crippen molar-refractivity contribution in [3.8, 4) is 0 Å². The van der Waals surface area contributed by atoms with E-state index in [1.165, 1.54) is 19.1 Å². The molecule has 36 heavy (non-hydrogen) atoms. The van der Waals surface area contributed by atoms with E-state index in [1.54, 1.807) is 24.3 Å². The zero-order valence-corrected chi connectivity index (χ0v) is 20.9. The Morgan fingerprint density at radius 3 is 1.78 bits per heavy atom. The second kappa shape index (κ2) is 15.1. The Labute approximate surface area is 216 Å². The molecule has 0 saturated carbocycles. The number of rotatable bonds is 5. The summed E-state index contributed by atoms with van der Waals surface area (Å²) < 4.78 is 75.0. The van der Waals surface area contributed by atoms with Crippen LogP contribution in [-0.2, 0) is 19.0 Å². The molecular formula is C25H27Cl2F6N3. The first kappa shape index (κ1) is 31.7. The molecule has 3 aromatic rings. The topological polar surface area (TPSA) is 78.1 Å². The molecule has 0 aliphatic carbocycles. The van der Waals surface area contributed by atoms with E-state index in [-0.39, 0.29) is 27.2 Å². The molecule has 0 amide bonds. The van der Waals surface area contributed by atoms with Gasteiger partial charge in [-0.15, -0.1) is 0 Å². The van der Waals surface area contributed by atoms with Crippen LogP contribution in [0.1, 0.15) is 35.2 Å². The van der Waals surface area contributed by atoms with Crippen LogP contribution in [0.15, 0.2) is 54.6 Å². The van der Waals surface area contributed by atoms with Crippen molar-refractivity contribution in [3.05, 3.63) is 104 Å². The normalized spacial score (nSPS) is 11.7. The highest BCUT2D eigenvalue weighted by Gasteiger charge is 2.34. The summed E-state index contributed by atoms with van der Waals surface area (Å²) in [4.78, 5) is 0. The fourth-order valence-electron chi connectivity index (χ4n) is 2.89. The number of hydrogen-bond donors (Lipinski definition) is 3. The van der Waals surface area contributed by atoms with Crippen molar-refractivity contribution in [3.63, 3.8) is 0 Å². The summed E-state index contributed by atoms with van der Waals surface area (Å²) >= 11 is 11.0. The molecule has 0 aliphatic rings. The third-order valence-corrected chi connectivity index (χ3v) is 5.24. The molecule has 0 aliphatic heterocycles. The van der Waals surface area contributed by atoms with Crippen molar-refractivity contribution in [2.24, 2.45) is 17.2 Å². The molecule has 0 spiro atoms. The van der Waals surface area contributed by atoms with Crippen LogP contribution in [-0.4, -0.2) is 13.1 Å². The lowest BCUT2D eigenvalue weighted by atomic mass is 10.0. The monoisotopic (exact) mass is 553 g/mol. The van der Waals surface area contributed by atoms with Crippen LogP contribution < -0.4 is 17.2 Å². The quantitative estimate of drug-likeness (QED) is 0.303. The van der Waals surface area contributed by atoms with Gasteiger partial charge >= 0.3 is 6.18 Å². The minimum Gasteiger partial charge on any atom is -0.330 e. The summed E-state index contributed by atoms with van der Waals surface area (Å²) in [5, 5.41) is 0.321. The Hall–Kier alpha value is -2.30. The van der Waals surface area contributed by atoms with E-state index in [4.69, 9.17) is 40.4 Å². The van der Waals surface area contributed by atoms with Gasteiger partial charge in [-0.3, -0.25) is 0 Å². The Bertz CT molecular complexity index is 1050. The van der Waals surface area contributed by atoms with Crippen LogP contribution in [0, 0.1) is 17.5 Å². The van der Waals surface area contributed by atoms with Crippen molar-refractivity contribution in [1.29, 1.82) is 0 Å². The highest BCUT2D eigenvalue weighted by atomic mass is 35.5. The van der Waals surface area contributed by atoms with Gasteiger partial charge in [-0.1, -0.05) is 41.4 Å². The molecule has 0 aromatic heterocycles. The largest absolute Gasteiger partial charge is 0.416 e. The summed E-state index contributed by atoms with van der Waals surface area (Å²) in [6, 6.07) is 11.1. The molecule has 0 heterocycles. The van der Waals surface area contributed by atoms with Gasteiger partial charge in [0.05, 0.1) is 15.6 Å². The highest BCUT2D eigenvalue weighted by molar-refractivity contribution is 6.31. The highest BCUT2D eigenvalue weighted by Crippen LogP contribution is 2.34. The number of alkyl halides is 3. The van der Waals surface area contributed by atoms with Gasteiger partial charge in [0.2, 0.25) is 0 Å². The second-order valence-corrected chi connectivity index (χ2v) is 8.41. The van der Waals surface area contributed by atoms with Crippen molar-refractivity contribution in [2.45, 2.75) is 32.0 Å². The third-order valence-electron chi connectivity index (χ3n) is 4.65. The van der Waals surface area contributed by atoms with Crippen LogP contribution in [0.4, 0.5) is 26.3 Å². The minimum atomic E-state index is -4.56. The Morgan fingerprint density at radius 1 is 0.750 bits per heavy atom. The minimum absolute atomic E-state index is 0.0982. The van der Waals surface area contributed by atoms with E-state index < -0.39 is 23.6 Å². The fraction of sp³-hybridized carbons (Fsp3) is 0.280. The summed E-state index contributed by atoms with van der Waals surface area (Å²) in [7, 11) is 0. The molecule has 0 fully saturated rings. The molecule has 6 N–H and O–H groups in total. The molecule has 1 atom stereocenters.